The molecule has 1 heterocycles. The number of carboxylic acid groups (broad SMARTS) is 1. The third-order valence-electron chi connectivity index (χ3n) is 7.99. The predicted molar refractivity (Wildman–Crippen MR) is 157 cm³/mol. The van der Waals surface area contributed by atoms with E-state index in [1.807, 2.05) is 0 Å². The molecule has 5 N–H and O–H groups in total. The van der Waals surface area contributed by atoms with Crippen LogP contribution in [0.1, 0.15) is 56.9 Å². The molecule has 1 aromatic carbocycles. The van der Waals surface area contributed by atoms with Crippen molar-refractivity contribution in [2.45, 2.75) is 51.4 Å². The van der Waals surface area contributed by atoms with Crippen molar-refractivity contribution in [2.24, 2.45) is 17.8 Å². The summed E-state index contributed by atoms with van der Waals surface area (Å²) in [4.78, 5) is 47.1. The number of aliphatic hydroxyl groups excluding tert-OH is 1. The summed E-state index contributed by atoms with van der Waals surface area (Å²) in [5.74, 6) is -3.10. The number of nitrogens with one attached hydrogen (secondary N) is 1. The summed E-state index contributed by atoms with van der Waals surface area (Å²) in [6.07, 6.45) is 2.78. The smallest absolute Gasteiger partial charge is 0.472 e. The summed E-state index contributed by atoms with van der Waals surface area (Å²) < 4.78 is 27.1. The van der Waals surface area contributed by atoms with Crippen molar-refractivity contribution in [3.05, 3.63) is 52.2 Å². The fourth-order valence-electron chi connectivity index (χ4n) is 5.86. The Morgan fingerprint density at radius 3 is 2.65 bits per heavy atom. The lowest BCUT2D eigenvalue weighted by Crippen LogP contribution is -2.38. The van der Waals surface area contributed by atoms with Gasteiger partial charge in [-0.1, -0.05) is 6.42 Å². The number of aliphatic hydroxyl groups is 1. The Morgan fingerprint density at radius 1 is 1.14 bits per heavy atom. The van der Waals surface area contributed by atoms with Crippen molar-refractivity contribution >= 4 is 30.7 Å². The van der Waals surface area contributed by atoms with E-state index in [-0.39, 0.29) is 49.2 Å². The van der Waals surface area contributed by atoms with Gasteiger partial charge in [-0.25, -0.2) is 4.57 Å². The second kappa shape index (κ2) is 14.5. The molecule has 12 nitrogen and oxygen atoms in total. The first-order valence-corrected chi connectivity index (χ1v) is 15.9. The molecule has 1 fully saturated rings. The molecule has 5 unspecified atom stereocenters. The first-order valence-electron chi connectivity index (χ1n) is 14.5. The number of carboxylic acids is 1. The SMILES string of the molecule is CCOP(=O)(O)OCC(CO)CCCCNC(=O)C1CCC(c2c3ccc(=O)cc-3oc3cc(O)ccc23)C(C(=O)O)C1. The van der Waals surface area contributed by atoms with Crippen LogP contribution in [-0.4, -0.2) is 58.5 Å². The Morgan fingerprint density at radius 2 is 1.93 bits per heavy atom. The van der Waals surface area contributed by atoms with Gasteiger partial charge in [0.25, 0.3) is 0 Å². The van der Waals surface area contributed by atoms with Gasteiger partial charge in [-0.2, -0.15) is 0 Å². The number of phenolic OH excluding ortho intramolecular Hbond substituents is 1. The monoisotopic (exact) mass is 619 g/mol. The fraction of sp³-hybridized carbons (Fsp3) is 0.500. The Bertz CT molecular complexity index is 1510. The van der Waals surface area contributed by atoms with E-state index in [0.717, 1.165) is 5.56 Å². The highest BCUT2D eigenvalue weighted by Crippen LogP contribution is 2.48. The van der Waals surface area contributed by atoms with Crippen LogP contribution in [0.5, 0.6) is 5.75 Å². The summed E-state index contributed by atoms with van der Waals surface area (Å²) in [6, 6.07) is 9.01. The van der Waals surface area contributed by atoms with Crippen molar-refractivity contribution < 1.29 is 47.8 Å². The van der Waals surface area contributed by atoms with Crippen molar-refractivity contribution in [3.8, 4) is 17.1 Å². The van der Waals surface area contributed by atoms with Gasteiger partial charge in [-0.15, -0.1) is 0 Å². The number of carbonyl (C=O) groups is 2. The molecule has 1 aliphatic heterocycles. The average Bonchev–Trinajstić information content (AvgIpc) is 2.96. The van der Waals surface area contributed by atoms with Crippen molar-refractivity contribution in [2.75, 3.05) is 26.4 Å². The van der Waals surface area contributed by atoms with Crippen LogP contribution in [0, 0.1) is 17.8 Å². The molecule has 0 aromatic heterocycles. The first kappa shape index (κ1) is 32.6. The third-order valence-corrected chi connectivity index (χ3v) is 9.05. The minimum Gasteiger partial charge on any atom is -0.508 e. The molecule has 0 bridgehead atoms. The molecule has 4 rings (SSSR count). The quantitative estimate of drug-likeness (QED) is 0.0985. The van der Waals surface area contributed by atoms with E-state index in [2.05, 4.69) is 9.84 Å². The summed E-state index contributed by atoms with van der Waals surface area (Å²) in [7, 11) is -4.14. The lowest BCUT2D eigenvalue weighted by atomic mass is 9.69. The molecular formula is C30H38NO11P. The van der Waals surface area contributed by atoms with Gasteiger partial charge >= 0.3 is 13.8 Å². The van der Waals surface area contributed by atoms with E-state index in [1.54, 1.807) is 19.1 Å². The van der Waals surface area contributed by atoms with Crippen LogP contribution in [0.4, 0.5) is 0 Å². The Hall–Kier alpha value is -3.28. The Balaban J connectivity index is 1.38. The molecule has 2 aliphatic carbocycles. The highest BCUT2D eigenvalue weighted by molar-refractivity contribution is 7.47. The van der Waals surface area contributed by atoms with Gasteiger partial charge in [0.15, 0.2) is 5.43 Å². The van der Waals surface area contributed by atoms with Crippen LogP contribution >= 0.6 is 7.82 Å². The first-order chi connectivity index (χ1) is 20.5. The van der Waals surface area contributed by atoms with Crippen LogP contribution in [0.3, 0.4) is 0 Å². The van der Waals surface area contributed by atoms with E-state index < -0.39 is 31.5 Å². The summed E-state index contributed by atoms with van der Waals surface area (Å²) in [5.41, 5.74) is 1.44. The number of carbonyl (C=O) groups excluding carboxylic acids is 1. The van der Waals surface area contributed by atoms with Gasteiger partial charge in [0.2, 0.25) is 5.91 Å². The summed E-state index contributed by atoms with van der Waals surface area (Å²) >= 11 is 0. The molecule has 0 spiro atoms. The molecular weight excluding hydrogens is 581 g/mol. The van der Waals surface area contributed by atoms with Gasteiger partial charge in [0.05, 0.1) is 19.1 Å². The number of rotatable bonds is 14. The van der Waals surface area contributed by atoms with Crippen molar-refractivity contribution in [3.63, 3.8) is 0 Å². The summed E-state index contributed by atoms with van der Waals surface area (Å²) in [5, 5.41) is 33.3. The number of benzene rings is 2. The molecule has 13 heteroatoms. The highest BCUT2D eigenvalue weighted by atomic mass is 31.2. The maximum atomic E-state index is 13.0. The molecule has 3 aliphatic rings. The number of amides is 1. The molecule has 43 heavy (non-hydrogen) atoms. The number of hydrogen-bond acceptors (Lipinski definition) is 9. The maximum Gasteiger partial charge on any atom is 0.472 e. The fourth-order valence-corrected chi connectivity index (χ4v) is 6.66. The lowest BCUT2D eigenvalue weighted by Gasteiger charge is -2.35. The zero-order valence-corrected chi connectivity index (χ0v) is 24.8. The van der Waals surface area contributed by atoms with Gasteiger partial charge < -0.3 is 29.9 Å². The van der Waals surface area contributed by atoms with E-state index in [4.69, 9.17) is 8.94 Å². The maximum absolute atomic E-state index is 13.0. The van der Waals surface area contributed by atoms with Gasteiger partial charge in [-0.3, -0.25) is 23.4 Å². The number of phosphoric ester groups is 1. The van der Waals surface area contributed by atoms with E-state index >= 15 is 0 Å². The van der Waals surface area contributed by atoms with Crippen LogP contribution in [0.25, 0.3) is 22.3 Å². The molecule has 234 valence electrons. The lowest BCUT2D eigenvalue weighted by molar-refractivity contribution is -0.145. The minimum atomic E-state index is -4.14. The van der Waals surface area contributed by atoms with Gasteiger partial charge in [-0.05, 0) is 74.8 Å². The number of aromatic hydroxyl groups is 1. The number of fused-ring (bicyclic) bond motifs is 2. The molecule has 1 aromatic rings. The van der Waals surface area contributed by atoms with E-state index in [1.165, 1.54) is 24.3 Å². The Labute approximate surface area is 248 Å². The van der Waals surface area contributed by atoms with Crippen molar-refractivity contribution in [1.82, 2.24) is 5.32 Å². The number of hydrogen-bond donors (Lipinski definition) is 5. The largest absolute Gasteiger partial charge is 0.508 e. The second-order valence-electron chi connectivity index (χ2n) is 10.9. The van der Waals surface area contributed by atoms with Gasteiger partial charge in [0, 0.05) is 48.1 Å². The topological polar surface area (TPSA) is 193 Å². The third kappa shape index (κ3) is 8.21. The molecule has 0 radical (unpaired) electrons. The highest BCUT2D eigenvalue weighted by Gasteiger charge is 2.40. The zero-order valence-electron chi connectivity index (χ0n) is 23.9. The normalized spacial score (nSPS) is 21.0. The van der Waals surface area contributed by atoms with Crippen LogP contribution in [0.2, 0.25) is 0 Å². The number of phenols is 1. The van der Waals surface area contributed by atoms with Crippen LogP contribution in [-0.2, 0) is 23.2 Å². The second-order valence-corrected chi connectivity index (χ2v) is 12.4. The standard InChI is InChI=1S/C30H38NO11P/c1-2-40-43(38,39)41-17-18(16-32)5-3-4-12-31-29(35)19-6-9-22(25(13-19)30(36)37)28-23-10-7-20(33)14-26(23)42-27-15-21(34)8-11-24(27)28/h7-8,10-11,14-15,18-19,22,25,32-33H,2-6,9,12-13,16-17H2,1H3,(H,31,35)(H,36,37)(H,38,39). The predicted octanol–water partition coefficient (Wildman–Crippen LogP) is 4.24. The van der Waals surface area contributed by atoms with E-state index in [9.17, 15) is 39.2 Å². The molecule has 1 amide bonds. The van der Waals surface area contributed by atoms with Crippen LogP contribution in [0.15, 0.2) is 45.6 Å². The molecule has 0 saturated heterocycles. The molecule has 1 saturated carbocycles. The number of aliphatic carboxylic acids is 1. The van der Waals surface area contributed by atoms with E-state index in [0.29, 0.717) is 60.9 Å². The summed E-state index contributed by atoms with van der Waals surface area (Å²) in [6.45, 7) is 1.60. The average molecular weight is 620 g/mol. The number of unbranched alkanes of at least 4 members (excludes halogenated alkanes) is 1. The molecule has 5 atom stereocenters. The minimum absolute atomic E-state index is 0.0206. The Kier molecular flexibility index (Phi) is 11.0. The van der Waals surface area contributed by atoms with Gasteiger partial charge in [0.1, 0.15) is 17.1 Å². The van der Waals surface area contributed by atoms with Crippen LogP contribution < -0.4 is 10.7 Å². The van der Waals surface area contributed by atoms with Crippen molar-refractivity contribution in [1.29, 1.82) is 0 Å². The number of phosphoric acid groups is 1. The zero-order chi connectivity index (χ0) is 31.1.